The van der Waals surface area contributed by atoms with Gasteiger partial charge in [-0.05, 0) is 26.7 Å². The molecule has 3 unspecified atom stereocenters. The van der Waals surface area contributed by atoms with Crippen molar-refractivity contribution in [3.05, 3.63) is 12.2 Å². The maximum absolute atomic E-state index is 11.2. The third-order valence-corrected chi connectivity index (χ3v) is 2.98. The lowest BCUT2D eigenvalue weighted by Crippen LogP contribution is -2.24. The molecular formula is C14H20O6. The smallest absolute Gasteiger partial charge is 0.333 e. The molecule has 20 heavy (non-hydrogen) atoms. The number of hydrogen-bond donors (Lipinski definition) is 1. The average Bonchev–Trinajstić information content (AvgIpc) is 3.05. The van der Waals surface area contributed by atoms with Gasteiger partial charge in [-0.15, -0.1) is 0 Å². The minimum Gasteiger partial charge on any atom is -0.481 e. The molecule has 1 N–H and O–H groups in total. The lowest BCUT2D eigenvalue weighted by atomic mass is 9.98. The largest absolute Gasteiger partial charge is 0.481 e. The Kier molecular flexibility index (Phi) is 5.88. The number of ketones is 1. The van der Waals surface area contributed by atoms with Crippen molar-refractivity contribution >= 4 is 17.7 Å². The van der Waals surface area contributed by atoms with Crippen LogP contribution in [0.5, 0.6) is 0 Å². The average molecular weight is 284 g/mol. The van der Waals surface area contributed by atoms with E-state index in [4.69, 9.17) is 14.6 Å². The number of carboxylic acid groups (broad SMARTS) is 1. The van der Waals surface area contributed by atoms with Gasteiger partial charge >= 0.3 is 11.9 Å². The van der Waals surface area contributed by atoms with E-state index >= 15 is 0 Å². The highest BCUT2D eigenvalue weighted by Gasteiger charge is 2.44. The fourth-order valence-electron chi connectivity index (χ4n) is 1.94. The minimum atomic E-state index is -1.06. The van der Waals surface area contributed by atoms with Crippen molar-refractivity contribution in [2.24, 2.45) is 0 Å². The molecule has 2 rings (SSSR count). The van der Waals surface area contributed by atoms with Gasteiger partial charge in [-0.3, -0.25) is 9.59 Å². The summed E-state index contributed by atoms with van der Waals surface area (Å²) >= 11 is 0. The molecule has 1 heterocycles. The lowest BCUT2D eigenvalue weighted by molar-refractivity contribution is -0.145. The standard InChI is InChI=1S/C10H14O3.C4H6O3/c1-6(2)10(11)12-7-3-4-8-9(5-7)13-8;1-3(5)2-4(6)7/h7-9H,1,3-5H2,2H3;2H2,1H3,(H,6,7). The summed E-state index contributed by atoms with van der Waals surface area (Å²) in [6.07, 6.45) is 3.33. The Morgan fingerprint density at radius 2 is 1.90 bits per heavy atom. The van der Waals surface area contributed by atoms with E-state index in [1.54, 1.807) is 6.92 Å². The molecule has 3 atom stereocenters. The molecule has 0 aromatic rings. The molecule has 1 saturated heterocycles. The van der Waals surface area contributed by atoms with Gasteiger partial charge in [0.05, 0.1) is 12.2 Å². The van der Waals surface area contributed by atoms with Gasteiger partial charge in [0.15, 0.2) is 0 Å². The van der Waals surface area contributed by atoms with Crippen LogP contribution in [0.25, 0.3) is 0 Å². The molecule has 0 amide bonds. The molecule has 0 bridgehead atoms. The van der Waals surface area contributed by atoms with E-state index in [-0.39, 0.29) is 24.3 Å². The van der Waals surface area contributed by atoms with Crippen LogP contribution in [0.15, 0.2) is 12.2 Å². The number of carboxylic acids is 1. The fourth-order valence-corrected chi connectivity index (χ4v) is 1.94. The maximum Gasteiger partial charge on any atom is 0.333 e. The third-order valence-electron chi connectivity index (χ3n) is 2.98. The van der Waals surface area contributed by atoms with Crippen LogP contribution >= 0.6 is 0 Å². The van der Waals surface area contributed by atoms with Crippen molar-refractivity contribution in [3.63, 3.8) is 0 Å². The Labute approximate surface area is 117 Å². The topological polar surface area (TPSA) is 93.2 Å². The first-order valence-corrected chi connectivity index (χ1v) is 6.52. The summed E-state index contributed by atoms with van der Waals surface area (Å²) in [6.45, 7) is 6.46. The summed E-state index contributed by atoms with van der Waals surface area (Å²) in [7, 11) is 0. The summed E-state index contributed by atoms with van der Waals surface area (Å²) in [6, 6.07) is 0. The molecule has 1 aliphatic carbocycles. The van der Waals surface area contributed by atoms with Crippen molar-refractivity contribution < 1.29 is 29.0 Å². The number of rotatable bonds is 4. The third kappa shape index (κ3) is 5.97. The molecular weight excluding hydrogens is 264 g/mol. The van der Waals surface area contributed by atoms with Gasteiger partial charge in [-0.1, -0.05) is 6.58 Å². The van der Waals surface area contributed by atoms with Crippen LogP contribution in [0.1, 0.15) is 39.5 Å². The summed E-state index contributed by atoms with van der Waals surface area (Å²) in [5.74, 6) is -1.65. The molecule has 0 aromatic heterocycles. The zero-order chi connectivity index (χ0) is 15.3. The second-order valence-corrected chi connectivity index (χ2v) is 5.11. The van der Waals surface area contributed by atoms with E-state index in [0.717, 1.165) is 19.3 Å². The number of fused-ring (bicyclic) bond motifs is 1. The Hall–Kier alpha value is -1.69. The summed E-state index contributed by atoms with van der Waals surface area (Å²) in [4.78, 5) is 30.6. The van der Waals surface area contributed by atoms with Gasteiger partial charge in [0.1, 0.15) is 18.3 Å². The first-order valence-electron chi connectivity index (χ1n) is 6.52. The lowest BCUT2D eigenvalue weighted by Gasteiger charge is -2.19. The zero-order valence-electron chi connectivity index (χ0n) is 11.8. The van der Waals surface area contributed by atoms with Gasteiger partial charge in [0, 0.05) is 12.0 Å². The van der Waals surface area contributed by atoms with Crippen LogP contribution in [0.3, 0.4) is 0 Å². The van der Waals surface area contributed by atoms with Crippen molar-refractivity contribution in [2.75, 3.05) is 0 Å². The molecule has 0 spiro atoms. The van der Waals surface area contributed by atoms with Crippen LogP contribution in [0.4, 0.5) is 0 Å². The molecule has 2 fully saturated rings. The Balaban J connectivity index is 0.000000246. The zero-order valence-corrected chi connectivity index (χ0v) is 11.8. The van der Waals surface area contributed by atoms with Gasteiger partial charge < -0.3 is 14.6 Å². The molecule has 2 aliphatic rings. The Morgan fingerprint density at radius 3 is 2.30 bits per heavy atom. The highest BCUT2D eigenvalue weighted by atomic mass is 16.6. The molecule has 6 heteroatoms. The van der Waals surface area contributed by atoms with Crippen molar-refractivity contribution in [1.29, 1.82) is 0 Å². The molecule has 6 nitrogen and oxygen atoms in total. The van der Waals surface area contributed by atoms with E-state index in [2.05, 4.69) is 6.58 Å². The van der Waals surface area contributed by atoms with E-state index in [1.165, 1.54) is 6.92 Å². The SMILES string of the molecule is C=C(C)C(=O)OC1CCC2OC2C1.CC(=O)CC(=O)O. The number of Topliss-reactive ketones (excluding diaryl/α,β-unsaturated/α-hetero) is 1. The number of ether oxygens (including phenoxy) is 2. The number of hydrogen-bond acceptors (Lipinski definition) is 5. The van der Waals surface area contributed by atoms with Crippen LogP contribution < -0.4 is 0 Å². The van der Waals surface area contributed by atoms with Crippen molar-refractivity contribution in [2.45, 2.75) is 57.8 Å². The highest BCUT2D eigenvalue weighted by Crippen LogP contribution is 2.37. The van der Waals surface area contributed by atoms with Crippen LogP contribution in [-0.2, 0) is 23.9 Å². The minimum absolute atomic E-state index is 0.0490. The van der Waals surface area contributed by atoms with E-state index in [9.17, 15) is 14.4 Å². The normalized spacial score (nSPS) is 26.4. The molecule has 1 aliphatic heterocycles. The van der Waals surface area contributed by atoms with Gasteiger partial charge in [0.2, 0.25) is 0 Å². The highest BCUT2D eigenvalue weighted by molar-refractivity contribution is 5.93. The molecule has 0 aromatic carbocycles. The monoisotopic (exact) mass is 284 g/mol. The summed E-state index contributed by atoms with van der Waals surface area (Å²) in [5.41, 5.74) is 0.471. The molecule has 1 saturated carbocycles. The summed E-state index contributed by atoms with van der Waals surface area (Å²) in [5, 5.41) is 7.86. The predicted octanol–water partition coefficient (Wildman–Crippen LogP) is 1.48. The van der Waals surface area contributed by atoms with E-state index < -0.39 is 5.97 Å². The Morgan fingerprint density at radius 1 is 1.25 bits per heavy atom. The van der Waals surface area contributed by atoms with Crippen molar-refractivity contribution in [3.8, 4) is 0 Å². The first kappa shape index (κ1) is 16.4. The number of esters is 1. The number of epoxide rings is 1. The Bertz CT molecular complexity index is 402. The van der Waals surface area contributed by atoms with E-state index in [0.29, 0.717) is 17.8 Å². The van der Waals surface area contributed by atoms with Crippen LogP contribution in [-0.4, -0.2) is 41.1 Å². The number of carbonyl (C=O) groups excluding carboxylic acids is 2. The predicted molar refractivity (Wildman–Crippen MR) is 70.1 cm³/mol. The second-order valence-electron chi connectivity index (χ2n) is 5.11. The second kappa shape index (κ2) is 7.19. The van der Waals surface area contributed by atoms with Crippen LogP contribution in [0.2, 0.25) is 0 Å². The first-order chi connectivity index (χ1) is 9.29. The number of aliphatic carboxylic acids is 1. The van der Waals surface area contributed by atoms with Crippen molar-refractivity contribution in [1.82, 2.24) is 0 Å². The van der Waals surface area contributed by atoms with Crippen LogP contribution in [0, 0.1) is 0 Å². The van der Waals surface area contributed by atoms with Gasteiger partial charge in [-0.25, -0.2) is 4.79 Å². The van der Waals surface area contributed by atoms with Gasteiger partial charge in [0.25, 0.3) is 0 Å². The molecule has 112 valence electrons. The maximum atomic E-state index is 11.2. The summed E-state index contributed by atoms with van der Waals surface area (Å²) < 4.78 is 10.6. The number of carbonyl (C=O) groups is 3. The molecule has 0 radical (unpaired) electrons. The van der Waals surface area contributed by atoms with E-state index in [1.807, 2.05) is 0 Å². The quantitative estimate of drug-likeness (QED) is 0.364. The fraction of sp³-hybridized carbons (Fsp3) is 0.643. The van der Waals surface area contributed by atoms with Gasteiger partial charge in [-0.2, -0.15) is 0 Å².